The molecule has 3 rings (SSSR count). The highest BCUT2D eigenvalue weighted by molar-refractivity contribution is 9.10. The lowest BCUT2D eigenvalue weighted by Gasteiger charge is -2.10. The standard InChI is InChI=1S/C16H12BrClN2S/c1-9-7-10(17)8-12-14(9)19-16(20-15(12)18)11-5-3-4-6-13(11)21-2/h3-8H,1-2H3. The van der Waals surface area contributed by atoms with Crippen LogP contribution in [0.2, 0.25) is 5.15 Å². The predicted molar refractivity (Wildman–Crippen MR) is 94.2 cm³/mol. The number of halogens is 2. The number of hydrogen-bond donors (Lipinski definition) is 0. The number of benzene rings is 2. The van der Waals surface area contributed by atoms with Gasteiger partial charge in [0.1, 0.15) is 5.15 Å². The third-order valence-electron chi connectivity index (χ3n) is 3.26. The summed E-state index contributed by atoms with van der Waals surface area (Å²) in [7, 11) is 0. The molecule has 2 nitrogen and oxygen atoms in total. The van der Waals surface area contributed by atoms with Crippen molar-refractivity contribution in [3.63, 3.8) is 0 Å². The Bertz CT molecular complexity index is 836. The molecule has 0 N–H and O–H groups in total. The summed E-state index contributed by atoms with van der Waals surface area (Å²) >= 11 is 11.5. The van der Waals surface area contributed by atoms with Crippen LogP contribution in [0.15, 0.2) is 45.8 Å². The third-order valence-corrected chi connectivity index (χ3v) is 4.80. The minimum atomic E-state index is 0.482. The van der Waals surface area contributed by atoms with Gasteiger partial charge in [0, 0.05) is 20.3 Å². The smallest absolute Gasteiger partial charge is 0.162 e. The number of nitrogens with zero attached hydrogens (tertiary/aromatic N) is 2. The van der Waals surface area contributed by atoms with Gasteiger partial charge >= 0.3 is 0 Å². The van der Waals surface area contributed by atoms with Gasteiger partial charge in [0.2, 0.25) is 0 Å². The van der Waals surface area contributed by atoms with Gasteiger partial charge in [0.25, 0.3) is 0 Å². The van der Waals surface area contributed by atoms with Crippen molar-refractivity contribution >= 4 is 50.2 Å². The van der Waals surface area contributed by atoms with Gasteiger partial charge in [-0.3, -0.25) is 0 Å². The summed E-state index contributed by atoms with van der Waals surface area (Å²) in [5.41, 5.74) is 2.98. The summed E-state index contributed by atoms with van der Waals surface area (Å²) in [6.07, 6.45) is 2.05. The van der Waals surface area contributed by atoms with E-state index in [1.807, 2.05) is 43.5 Å². The van der Waals surface area contributed by atoms with E-state index < -0.39 is 0 Å². The van der Waals surface area contributed by atoms with Crippen molar-refractivity contribution < 1.29 is 0 Å². The first kappa shape index (κ1) is 14.8. The average Bonchev–Trinajstić information content (AvgIpc) is 2.48. The summed E-state index contributed by atoms with van der Waals surface area (Å²) in [5, 5.41) is 1.35. The Morgan fingerprint density at radius 2 is 1.90 bits per heavy atom. The van der Waals surface area contributed by atoms with Crippen molar-refractivity contribution in [3.05, 3.63) is 51.6 Å². The largest absolute Gasteiger partial charge is 0.228 e. The molecule has 21 heavy (non-hydrogen) atoms. The molecule has 0 aliphatic rings. The zero-order chi connectivity index (χ0) is 15.0. The highest BCUT2D eigenvalue weighted by Crippen LogP contribution is 2.32. The number of thioether (sulfide) groups is 1. The molecular formula is C16H12BrClN2S. The topological polar surface area (TPSA) is 25.8 Å². The Morgan fingerprint density at radius 1 is 1.14 bits per heavy atom. The molecule has 0 bridgehead atoms. The summed E-state index contributed by atoms with van der Waals surface area (Å²) in [6.45, 7) is 2.03. The van der Waals surface area contributed by atoms with E-state index in [2.05, 4.69) is 27.0 Å². The molecule has 0 saturated heterocycles. The van der Waals surface area contributed by atoms with Crippen molar-refractivity contribution in [2.24, 2.45) is 0 Å². The van der Waals surface area contributed by atoms with Crippen LogP contribution in [0.5, 0.6) is 0 Å². The first-order valence-electron chi connectivity index (χ1n) is 6.37. The fraction of sp³-hybridized carbons (Fsp3) is 0.125. The predicted octanol–water partition coefficient (Wildman–Crippen LogP) is 5.74. The highest BCUT2D eigenvalue weighted by atomic mass is 79.9. The molecule has 0 aliphatic heterocycles. The second-order valence-electron chi connectivity index (χ2n) is 4.66. The summed E-state index contributed by atoms with van der Waals surface area (Å²) in [5.74, 6) is 0.669. The van der Waals surface area contributed by atoms with Crippen LogP contribution >= 0.6 is 39.3 Å². The lowest BCUT2D eigenvalue weighted by molar-refractivity contribution is 1.19. The first-order valence-corrected chi connectivity index (χ1v) is 8.76. The minimum Gasteiger partial charge on any atom is -0.228 e. The molecule has 0 aliphatic carbocycles. The molecule has 0 amide bonds. The fourth-order valence-electron chi connectivity index (χ4n) is 2.28. The zero-order valence-electron chi connectivity index (χ0n) is 11.5. The summed E-state index contributed by atoms with van der Waals surface area (Å²) in [6, 6.07) is 12.1. The first-order chi connectivity index (χ1) is 10.1. The van der Waals surface area contributed by atoms with Crippen LogP contribution < -0.4 is 0 Å². The molecule has 0 saturated carbocycles. The van der Waals surface area contributed by atoms with Crippen LogP contribution in [0.3, 0.4) is 0 Å². The molecule has 5 heteroatoms. The molecule has 0 unspecified atom stereocenters. The van der Waals surface area contributed by atoms with E-state index in [1.54, 1.807) is 11.8 Å². The van der Waals surface area contributed by atoms with Gasteiger partial charge in [-0.2, -0.15) is 0 Å². The van der Waals surface area contributed by atoms with Gasteiger partial charge in [-0.15, -0.1) is 11.8 Å². The molecule has 0 atom stereocenters. The van der Waals surface area contributed by atoms with E-state index in [9.17, 15) is 0 Å². The Morgan fingerprint density at radius 3 is 2.67 bits per heavy atom. The van der Waals surface area contributed by atoms with Gasteiger partial charge in [0.15, 0.2) is 5.82 Å². The van der Waals surface area contributed by atoms with Crippen LogP contribution in [0.25, 0.3) is 22.3 Å². The maximum absolute atomic E-state index is 6.37. The lowest BCUT2D eigenvalue weighted by atomic mass is 10.1. The molecule has 3 aromatic rings. The molecule has 106 valence electrons. The lowest BCUT2D eigenvalue weighted by Crippen LogP contribution is -1.95. The van der Waals surface area contributed by atoms with Crippen LogP contribution in [0.1, 0.15) is 5.56 Å². The van der Waals surface area contributed by atoms with E-state index in [0.29, 0.717) is 11.0 Å². The van der Waals surface area contributed by atoms with Crippen LogP contribution in [-0.4, -0.2) is 16.2 Å². The molecule has 0 radical (unpaired) electrons. The molecular weight excluding hydrogens is 368 g/mol. The van der Waals surface area contributed by atoms with E-state index in [1.165, 1.54) is 0 Å². The quantitative estimate of drug-likeness (QED) is 0.419. The second-order valence-corrected chi connectivity index (χ2v) is 6.78. The van der Waals surface area contributed by atoms with Crippen molar-refractivity contribution in [1.29, 1.82) is 0 Å². The number of aryl methyl sites for hydroxylation is 1. The van der Waals surface area contributed by atoms with Gasteiger partial charge < -0.3 is 0 Å². The highest BCUT2D eigenvalue weighted by Gasteiger charge is 2.12. The van der Waals surface area contributed by atoms with E-state index >= 15 is 0 Å². The van der Waals surface area contributed by atoms with E-state index in [-0.39, 0.29) is 0 Å². The maximum Gasteiger partial charge on any atom is 0.162 e. The van der Waals surface area contributed by atoms with Crippen molar-refractivity contribution in [3.8, 4) is 11.4 Å². The fourth-order valence-corrected chi connectivity index (χ4v) is 3.67. The Labute approximate surface area is 141 Å². The minimum absolute atomic E-state index is 0.482. The SMILES string of the molecule is CSc1ccccc1-c1nc(Cl)c2cc(Br)cc(C)c2n1. The number of aromatic nitrogens is 2. The number of rotatable bonds is 2. The van der Waals surface area contributed by atoms with Crippen molar-refractivity contribution in [1.82, 2.24) is 9.97 Å². The number of fused-ring (bicyclic) bond motifs is 1. The summed E-state index contributed by atoms with van der Waals surface area (Å²) in [4.78, 5) is 10.3. The van der Waals surface area contributed by atoms with Crippen molar-refractivity contribution in [2.75, 3.05) is 6.26 Å². The average molecular weight is 380 g/mol. The molecule has 1 aromatic heterocycles. The van der Waals surface area contributed by atoms with E-state index in [0.717, 1.165) is 31.4 Å². The van der Waals surface area contributed by atoms with Crippen LogP contribution in [0, 0.1) is 6.92 Å². The van der Waals surface area contributed by atoms with Crippen LogP contribution in [0.4, 0.5) is 0 Å². The second kappa shape index (κ2) is 5.95. The zero-order valence-corrected chi connectivity index (χ0v) is 14.7. The van der Waals surface area contributed by atoms with E-state index in [4.69, 9.17) is 16.6 Å². The Kier molecular flexibility index (Phi) is 4.20. The molecule has 2 aromatic carbocycles. The van der Waals surface area contributed by atoms with Crippen LogP contribution in [-0.2, 0) is 0 Å². The monoisotopic (exact) mass is 378 g/mol. The number of hydrogen-bond acceptors (Lipinski definition) is 3. The Balaban J connectivity index is 2.30. The van der Waals surface area contributed by atoms with Gasteiger partial charge in [-0.05, 0) is 36.9 Å². The van der Waals surface area contributed by atoms with Crippen molar-refractivity contribution in [2.45, 2.75) is 11.8 Å². The summed E-state index contributed by atoms with van der Waals surface area (Å²) < 4.78 is 0.982. The Hall–Kier alpha value is -1.10. The maximum atomic E-state index is 6.37. The molecule has 0 spiro atoms. The van der Waals surface area contributed by atoms with Gasteiger partial charge in [-0.1, -0.05) is 45.7 Å². The third kappa shape index (κ3) is 2.80. The normalized spacial score (nSPS) is 11.0. The van der Waals surface area contributed by atoms with Gasteiger partial charge in [-0.25, -0.2) is 9.97 Å². The van der Waals surface area contributed by atoms with Gasteiger partial charge in [0.05, 0.1) is 5.52 Å². The molecule has 0 fully saturated rings. The molecule has 1 heterocycles.